The number of rotatable bonds is 2. The molecule has 2 aromatic rings. The predicted octanol–water partition coefficient (Wildman–Crippen LogP) is 5.09. The highest BCUT2D eigenvalue weighted by Gasteiger charge is 2.33. The fraction of sp³-hybridized carbons (Fsp3) is 0.238. The smallest absolute Gasteiger partial charge is 0.104 e. The lowest BCUT2D eigenvalue weighted by Crippen LogP contribution is -2.32. The number of benzene rings is 2. The topological polar surface area (TPSA) is 20.2 Å². The first-order chi connectivity index (χ1) is 10.7. The highest BCUT2D eigenvalue weighted by atomic mass is 16.3. The monoisotopic (exact) mass is 290 g/mol. The molecule has 1 heteroatoms. The van der Waals surface area contributed by atoms with Crippen molar-refractivity contribution in [1.82, 2.24) is 0 Å². The fourth-order valence-electron chi connectivity index (χ4n) is 3.09. The lowest BCUT2D eigenvalue weighted by molar-refractivity contribution is 0.123. The maximum absolute atomic E-state index is 11.1. The van der Waals surface area contributed by atoms with Crippen LogP contribution in [-0.2, 0) is 0 Å². The minimum Gasteiger partial charge on any atom is -0.381 e. The molecule has 0 amide bonds. The predicted molar refractivity (Wildman–Crippen MR) is 93.3 cm³/mol. The maximum Gasteiger partial charge on any atom is 0.104 e. The van der Waals surface area contributed by atoms with Gasteiger partial charge in [0, 0.05) is 0 Å². The first kappa shape index (κ1) is 14.8. The summed E-state index contributed by atoms with van der Waals surface area (Å²) in [5, 5.41) is 11.1. The van der Waals surface area contributed by atoms with Crippen molar-refractivity contribution < 1.29 is 5.11 Å². The van der Waals surface area contributed by atoms with Crippen LogP contribution in [0.4, 0.5) is 0 Å². The zero-order valence-electron chi connectivity index (χ0n) is 13.0. The van der Waals surface area contributed by atoms with Gasteiger partial charge in [0.25, 0.3) is 0 Å². The second-order valence-corrected chi connectivity index (χ2v) is 6.09. The lowest BCUT2D eigenvalue weighted by atomic mass is 9.76. The number of hydrogen-bond donors (Lipinski definition) is 1. The summed E-state index contributed by atoms with van der Waals surface area (Å²) in [4.78, 5) is 0. The molecular weight excluding hydrogens is 268 g/mol. The van der Waals surface area contributed by atoms with Crippen LogP contribution >= 0.6 is 0 Å². The van der Waals surface area contributed by atoms with Gasteiger partial charge in [0.15, 0.2) is 0 Å². The van der Waals surface area contributed by atoms with E-state index in [2.05, 4.69) is 36.4 Å². The zero-order chi connectivity index (χ0) is 15.4. The molecule has 1 nitrogen and oxygen atoms in total. The van der Waals surface area contributed by atoms with E-state index in [1.165, 1.54) is 0 Å². The first-order valence-corrected chi connectivity index (χ1v) is 7.91. The van der Waals surface area contributed by atoms with Crippen LogP contribution in [0.5, 0.6) is 0 Å². The molecule has 2 aromatic carbocycles. The van der Waals surface area contributed by atoms with Gasteiger partial charge in [0.2, 0.25) is 0 Å². The Bertz CT molecular complexity index is 619. The van der Waals surface area contributed by atoms with Crippen LogP contribution in [0.15, 0.2) is 71.8 Å². The molecule has 112 valence electrons. The molecule has 3 rings (SSSR count). The molecule has 0 unspecified atom stereocenters. The van der Waals surface area contributed by atoms with Crippen LogP contribution in [0.2, 0.25) is 0 Å². The molecule has 0 saturated heterocycles. The highest BCUT2D eigenvalue weighted by Crippen LogP contribution is 2.39. The van der Waals surface area contributed by atoms with Gasteiger partial charge in [-0.25, -0.2) is 0 Å². The van der Waals surface area contributed by atoms with E-state index in [1.807, 2.05) is 43.3 Å². The third-order valence-electron chi connectivity index (χ3n) is 4.42. The van der Waals surface area contributed by atoms with E-state index in [0.717, 1.165) is 41.5 Å². The molecule has 0 aliphatic heterocycles. The van der Waals surface area contributed by atoms with Gasteiger partial charge in [-0.1, -0.05) is 72.8 Å². The molecule has 0 spiro atoms. The molecule has 1 aliphatic rings. The van der Waals surface area contributed by atoms with E-state index in [-0.39, 0.29) is 0 Å². The van der Waals surface area contributed by atoms with Crippen LogP contribution in [0.25, 0.3) is 12.2 Å². The van der Waals surface area contributed by atoms with Crippen molar-refractivity contribution in [3.05, 3.63) is 82.9 Å². The normalized spacial score (nSPS) is 25.5. The van der Waals surface area contributed by atoms with E-state index >= 15 is 0 Å². The molecule has 0 atom stereocenters. The minimum absolute atomic E-state index is 0.857. The van der Waals surface area contributed by atoms with Crippen molar-refractivity contribution in [1.29, 1.82) is 0 Å². The Morgan fingerprint density at radius 1 is 0.773 bits per heavy atom. The van der Waals surface area contributed by atoms with Crippen molar-refractivity contribution in [2.24, 2.45) is 0 Å². The largest absolute Gasteiger partial charge is 0.381 e. The summed E-state index contributed by atoms with van der Waals surface area (Å²) in [6.45, 7) is 1.93. The molecule has 0 aromatic heterocycles. The molecule has 1 N–H and O–H groups in total. The molecule has 0 bridgehead atoms. The van der Waals surface area contributed by atoms with Gasteiger partial charge in [0.05, 0.1) is 0 Å². The third kappa shape index (κ3) is 3.20. The molecule has 1 aliphatic carbocycles. The summed E-state index contributed by atoms with van der Waals surface area (Å²) < 4.78 is 0. The summed E-state index contributed by atoms with van der Waals surface area (Å²) in [7, 11) is 0. The van der Waals surface area contributed by atoms with Crippen molar-refractivity contribution in [3.63, 3.8) is 0 Å². The summed E-state index contributed by atoms with van der Waals surface area (Å²) in [6, 6.07) is 20.5. The van der Waals surface area contributed by atoms with E-state index < -0.39 is 5.60 Å². The van der Waals surface area contributed by atoms with Crippen LogP contribution in [-0.4, -0.2) is 10.7 Å². The van der Waals surface area contributed by atoms with Gasteiger partial charge >= 0.3 is 0 Å². The second kappa shape index (κ2) is 6.33. The molecule has 22 heavy (non-hydrogen) atoms. The second-order valence-electron chi connectivity index (χ2n) is 6.09. The molecule has 0 radical (unpaired) electrons. The van der Waals surface area contributed by atoms with Gasteiger partial charge in [-0.2, -0.15) is 0 Å². The molecule has 1 saturated carbocycles. The van der Waals surface area contributed by atoms with E-state index in [9.17, 15) is 5.11 Å². The van der Waals surface area contributed by atoms with E-state index in [4.69, 9.17) is 0 Å². The van der Waals surface area contributed by atoms with Gasteiger partial charge in [0.1, 0.15) is 5.60 Å². The average molecular weight is 290 g/mol. The molecular formula is C21H22O. The summed E-state index contributed by atoms with van der Waals surface area (Å²) in [5.74, 6) is 0. The number of aliphatic hydroxyl groups is 1. The van der Waals surface area contributed by atoms with E-state index in [1.54, 1.807) is 0 Å². The van der Waals surface area contributed by atoms with Gasteiger partial charge in [-0.3, -0.25) is 0 Å². The van der Waals surface area contributed by atoms with E-state index in [0.29, 0.717) is 0 Å². The van der Waals surface area contributed by atoms with Crippen molar-refractivity contribution in [2.75, 3.05) is 0 Å². The zero-order valence-corrected chi connectivity index (χ0v) is 13.0. The quantitative estimate of drug-likeness (QED) is 0.817. The Hall–Kier alpha value is -2.12. The Labute approximate surface area is 132 Å². The Kier molecular flexibility index (Phi) is 4.26. The van der Waals surface area contributed by atoms with Gasteiger partial charge < -0.3 is 5.11 Å². The average Bonchev–Trinajstić information content (AvgIpc) is 2.53. The summed E-state index contributed by atoms with van der Waals surface area (Å²) in [5.41, 5.74) is 3.65. The molecule has 0 heterocycles. The fourth-order valence-corrected chi connectivity index (χ4v) is 3.09. The maximum atomic E-state index is 11.1. The van der Waals surface area contributed by atoms with Crippen molar-refractivity contribution in [2.45, 2.75) is 31.8 Å². The lowest BCUT2D eigenvalue weighted by Gasteiger charge is -2.35. The SMILES string of the molecule is CC1(O)/C(=C/c2ccccc2)CCC/C1=C\c1ccccc1. The summed E-state index contributed by atoms with van der Waals surface area (Å²) >= 11 is 0. The van der Waals surface area contributed by atoms with Crippen molar-refractivity contribution in [3.8, 4) is 0 Å². The van der Waals surface area contributed by atoms with Crippen LogP contribution in [0, 0.1) is 0 Å². The standard InChI is InChI=1S/C21H22O/c1-21(22)19(15-17-9-4-2-5-10-17)13-8-14-20(21)16-18-11-6-3-7-12-18/h2-7,9-12,15-16,22H,8,13-14H2,1H3/b19-15+,20-16+. The Morgan fingerprint density at radius 3 is 1.59 bits per heavy atom. The minimum atomic E-state index is -0.857. The van der Waals surface area contributed by atoms with Crippen LogP contribution in [0.1, 0.15) is 37.3 Å². The number of hydrogen-bond acceptors (Lipinski definition) is 1. The van der Waals surface area contributed by atoms with Crippen molar-refractivity contribution >= 4 is 12.2 Å². The third-order valence-corrected chi connectivity index (χ3v) is 4.42. The first-order valence-electron chi connectivity index (χ1n) is 7.91. The van der Waals surface area contributed by atoms with Gasteiger partial charge in [-0.05, 0) is 48.5 Å². The van der Waals surface area contributed by atoms with Gasteiger partial charge in [-0.15, -0.1) is 0 Å². The highest BCUT2D eigenvalue weighted by molar-refractivity contribution is 5.63. The van der Waals surface area contributed by atoms with Crippen LogP contribution in [0.3, 0.4) is 0 Å². The Balaban J connectivity index is 1.95. The molecule has 1 fully saturated rings. The summed E-state index contributed by atoms with van der Waals surface area (Å²) in [6.07, 6.45) is 7.27. The Morgan fingerprint density at radius 2 is 1.18 bits per heavy atom. The van der Waals surface area contributed by atoms with Crippen LogP contribution < -0.4 is 0 Å².